The molecule has 0 bridgehead atoms. The fourth-order valence-electron chi connectivity index (χ4n) is 1.40. The van der Waals surface area contributed by atoms with Gasteiger partial charge in [-0.3, -0.25) is 4.79 Å². The number of benzene rings is 1. The van der Waals surface area contributed by atoms with Crippen LogP contribution < -0.4 is 10.1 Å². The van der Waals surface area contributed by atoms with Crippen molar-refractivity contribution in [3.8, 4) is 5.75 Å². The Morgan fingerprint density at radius 2 is 1.86 bits per heavy atom. The van der Waals surface area contributed by atoms with Gasteiger partial charge in [-0.25, -0.2) is 0 Å². The number of carbonyl (C=O) groups is 1. The Kier molecular flexibility index (Phi) is 5.95. The third-order valence-electron chi connectivity index (χ3n) is 2.31. The first-order valence-electron chi connectivity index (χ1n) is 6.31. The van der Waals surface area contributed by atoms with Crippen molar-refractivity contribution in [1.82, 2.24) is 5.32 Å². The molecule has 1 rings (SSSR count). The van der Waals surface area contributed by atoms with E-state index in [4.69, 9.17) is 0 Å². The van der Waals surface area contributed by atoms with Gasteiger partial charge < -0.3 is 10.1 Å². The monoisotopic (exact) mass is 321 g/mol. The molecule has 0 aromatic heterocycles. The largest absolute Gasteiger partial charge is 0.573 e. The Labute approximate surface area is 126 Å². The fourth-order valence-corrected chi connectivity index (χ4v) is 2.07. The molecule has 0 saturated heterocycles. The second-order valence-electron chi connectivity index (χ2n) is 5.33. The molecular weight excluding hydrogens is 303 g/mol. The molecule has 0 spiro atoms. The normalized spacial score (nSPS) is 12.1. The number of ether oxygens (including phenoxy) is 1. The van der Waals surface area contributed by atoms with Crippen LogP contribution in [0.5, 0.6) is 5.75 Å². The lowest BCUT2D eigenvalue weighted by atomic mass is 10.2. The highest BCUT2D eigenvalue weighted by Gasteiger charge is 2.31. The predicted molar refractivity (Wildman–Crippen MR) is 77.2 cm³/mol. The maximum Gasteiger partial charge on any atom is 0.573 e. The first-order valence-corrected chi connectivity index (χ1v) is 7.30. The van der Waals surface area contributed by atoms with Crippen molar-refractivity contribution in [1.29, 1.82) is 0 Å². The van der Waals surface area contributed by atoms with Gasteiger partial charge in [0.2, 0.25) is 5.91 Å². The molecule has 118 valence electrons. The summed E-state index contributed by atoms with van der Waals surface area (Å²) in [4.78, 5) is 11.7. The number of hydrogen-bond acceptors (Lipinski definition) is 3. The molecule has 1 aromatic carbocycles. The van der Waals surface area contributed by atoms with Crippen molar-refractivity contribution in [2.45, 2.75) is 38.4 Å². The molecule has 3 nitrogen and oxygen atoms in total. The van der Waals surface area contributed by atoms with Gasteiger partial charge in [0.25, 0.3) is 0 Å². The molecule has 0 saturated carbocycles. The third-order valence-corrected chi connectivity index (χ3v) is 3.58. The molecule has 0 unspecified atom stereocenters. The number of nitrogens with one attached hydrogen (secondary N) is 1. The average Bonchev–Trinajstić information content (AvgIpc) is 2.32. The van der Waals surface area contributed by atoms with Gasteiger partial charge in [0.05, 0.1) is 5.75 Å². The topological polar surface area (TPSA) is 38.3 Å². The van der Waals surface area contributed by atoms with E-state index in [0.717, 1.165) is 0 Å². The van der Waals surface area contributed by atoms with Crippen molar-refractivity contribution in [2.75, 3.05) is 5.75 Å². The summed E-state index contributed by atoms with van der Waals surface area (Å²) < 4.78 is 40.7. The zero-order valence-electron chi connectivity index (χ0n) is 12.1. The second kappa shape index (κ2) is 7.06. The van der Waals surface area contributed by atoms with E-state index < -0.39 is 6.36 Å². The lowest BCUT2D eigenvalue weighted by Gasteiger charge is -2.17. The Morgan fingerprint density at radius 3 is 2.43 bits per heavy atom. The Morgan fingerprint density at radius 1 is 1.24 bits per heavy atom. The number of hydrogen-bond donors (Lipinski definition) is 1. The summed E-state index contributed by atoms with van der Waals surface area (Å²) in [5, 5.41) is 2.59. The van der Waals surface area contributed by atoms with Gasteiger partial charge in [-0.2, -0.15) is 0 Å². The molecule has 0 fully saturated rings. The van der Waals surface area contributed by atoms with Gasteiger partial charge in [0.15, 0.2) is 0 Å². The van der Waals surface area contributed by atoms with E-state index >= 15 is 0 Å². The van der Waals surface area contributed by atoms with E-state index in [1.807, 2.05) is 20.8 Å². The SMILES string of the molecule is CC(C)(C)SCC(=O)NCc1ccccc1OC(F)(F)F. The molecule has 0 aliphatic heterocycles. The summed E-state index contributed by atoms with van der Waals surface area (Å²) >= 11 is 1.47. The minimum Gasteiger partial charge on any atom is -0.405 e. The Bertz CT molecular complexity index is 484. The second-order valence-corrected chi connectivity index (χ2v) is 7.14. The van der Waals surface area contributed by atoms with Crippen LogP contribution in [0.1, 0.15) is 26.3 Å². The average molecular weight is 321 g/mol. The first kappa shape index (κ1) is 17.7. The minimum atomic E-state index is -4.75. The maximum atomic E-state index is 12.3. The van der Waals surface area contributed by atoms with Gasteiger partial charge >= 0.3 is 6.36 Å². The van der Waals surface area contributed by atoms with Crippen LogP contribution in [0.25, 0.3) is 0 Å². The lowest BCUT2D eigenvalue weighted by Crippen LogP contribution is -2.27. The molecule has 0 radical (unpaired) electrons. The molecule has 21 heavy (non-hydrogen) atoms. The van der Waals surface area contributed by atoms with E-state index in [0.29, 0.717) is 0 Å². The van der Waals surface area contributed by atoms with Crippen LogP contribution in [0.2, 0.25) is 0 Å². The molecule has 1 aromatic rings. The van der Waals surface area contributed by atoms with E-state index in [-0.39, 0.29) is 34.3 Å². The highest BCUT2D eigenvalue weighted by Crippen LogP contribution is 2.26. The molecular formula is C14H18F3NO2S. The highest BCUT2D eigenvalue weighted by atomic mass is 32.2. The predicted octanol–water partition coefficient (Wildman–Crippen LogP) is 3.73. The van der Waals surface area contributed by atoms with Crippen molar-refractivity contribution in [3.63, 3.8) is 0 Å². The van der Waals surface area contributed by atoms with Crippen LogP contribution in [-0.2, 0) is 11.3 Å². The molecule has 1 amide bonds. The zero-order valence-corrected chi connectivity index (χ0v) is 12.9. The van der Waals surface area contributed by atoms with Crippen LogP contribution >= 0.6 is 11.8 Å². The highest BCUT2D eigenvalue weighted by molar-refractivity contribution is 8.01. The Hall–Kier alpha value is -1.37. The van der Waals surface area contributed by atoms with Crippen molar-refractivity contribution in [3.05, 3.63) is 29.8 Å². The van der Waals surface area contributed by atoms with Gasteiger partial charge in [0, 0.05) is 16.9 Å². The molecule has 1 N–H and O–H groups in total. The Balaban J connectivity index is 2.57. The number of halogens is 3. The third kappa shape index (κ3) is 7.84. The molecule has 0 heterocycles. The molecule has 0 atom stereocenters. The van der Waals surface area contributed by atoms with Crippen LogP contribution in [0.4, 0.5) is 13.2 Å². The van der Waals surface area contributed by atoms with E-state index in [1.165, 1.54) is 30.0 Å². The summed E-state index contributed by atoms with van der Waals surface area (Å²) in [6.07, 6.45) is -4.75. The molecule has 0 aliphatic carbocycles. The molecule has 0 aliphatic rings. The number of amides is 1. The van der Waals surface area contributed by atoms with Crippen LogP contribution in [0.15, 0.2) is 24.3 Å². The van der Waals surface area contributed by atoms with Crippen molar-refractivity contribution in [2.24, 2.45) is 0 Å². The van der Waals surface area contributed by atoms with E-state index in [9.17, 15) is 18.0 Å². The van der Waals surface area contributed by atoms with Gasteiger partial charge in [-0.15, -0.1) is 24.9 Å². The summed E-state index contributed by atoms with van der Waals surface area (Å²) in [5.41, 5.74) is 0.281. The van der Waals surface area contributed by atoms with Crippen LogP contribution in [-0.4, -0.2) is 22.8 Å². The van der Waals surface area contributed by atoms with Crippen molar-refractivity contribution >= 4 is 17.7 Å². The summed E-state index contributed by atoms with van der Waals surface area (Å²) in [6.45, 7) is 5.95. The van der Waals surface area contributed by atoms with E-state index in [1.54, 1.807) is 6.07 Å². The standard InChI is InChI=1S/C14H18F3NO2S/c1-13(2,3)21-9-12(19)18-8-10-6-4-5-7-11(10)20-14(15,16)17/h4-7H,8-9H2,1-3H3,(H,18,19). The number of alkyl halides is 3. The van der Waals surface area contributed by atoms with Gasteiger partial charge in [-0.05, 0) is 6.07 Å². The van der Waals surface area contributed by atoms with E-state index in [2.05, 4.69) is 10.1 Å². The first-order chi connectivity index (χ1) is 9.57. The maximum absolute atomic E-state index is 12.3. The number of thioether (sulfide) groups is 1. The van der Waals surface area contributed by atoms with Crippen LogP contribution in [0.3, 0.4) is 0 Å². The number of carbonyl (C=O) groups excluding carboxylic acids is 1. The molecule has 7 heteroatoms. The zero-order chi connectivity index (χ0) is 16.1. The quantitative estimate of drug-likeness (QED) is 0.898. The van der Waals surface area contributed by atoms with Gasteiger partial charge in [0.1, 0.15) is 5.75 Å². The minimum absolute atomic E-state index is 0.00418. The fraction of sp³-hybridized carbons (Fsp3) is 0.500. The summed E-state index contributed by atoms with van der Waals surface area (Å²) in [5.74, 6) is -0.267. The summed E-state index contributed by atoms with van der Waals surface area (Å²) in [6, 6.07) is 5.74. The number of rotatable bonds is 5. The summed E-state index contributed by atoms with van der Waals surface area (Å²) in [7, 11) is 0. The van der Waals surface area contributed by atoms with Gasteiger partial charge in [-0.1, -0.05) is 39.0 Å². The smallest absolute Gasteiger partial charge is 0.405 e. The van der Waals surface area contributed by atoms with Crippen LogP contribution in [0, 0.1) is 0 Å². The number of para-hydroxylation sites is 1. The lowest BCUT2D eigenvalue weighted by molar-refractivity contribution is -0.274. The van der Waals surface area contributed by atoms with Crippen molar-refractivity contribution < 1.29 is 22.7 Å².